The lowest BCUT2D eigenvalue weighted by molar-refractivity contribution is -0.137. The summed E-state index contributed by atoms with van der Waals surface area (Å²) < 4.78 is 6.88. The van der Waals surface area contributed by atoms with Gasteiger partial charge in [0, 0.05) is 31.0 Å². The summed E-state index contributed by atoms with van der Waals surface area (Å²) in [5.74, 6) is -1.23. The monoisotopic (exact) mass is 476 g/mol. The first kappa shape index (κ1) is 24.0. The number of carbonyl (C=O) groups is 3. The number of amides is 2. The number of aliphatic carboxylic acids is 1. The van der Waals surface area contributed by atoms with Crippen LogP contribution in [0.1, 0.15) is 54.2 Å². The first-order valence-electron chi connectivity index (χ1n) is 11.3. The minimum atomic E-state index is -0.928. The van der Waals surface area contributed by atoms with Crippen molar-refractivity contribution in [2.75, 3.05) is 11.9 Å². The van der Waals surface area contributed by atoms with Gasteiger partial charge < -0.3 is 15.2 Å². The van der Waals surface area contributed by atoms with Crippen molar-refractivity contribution in [2.45, 2.75) is 38.1 Å². The van der Waals surface area contributed by atoms with Crippen LogP contribution in [-0.2, 0) is 16.6 Å². The molecule has 0 atom stereocenters. The highest BCUT2D eigenvalue weighted by Gasteiger charge is 2.29. The van der Waals surface area contributed by atoms with Crippen LogP contribution in [0.15, 0.2) is 54.6 Å². The number of fused-ring (bicyclic) bond motifs is 3. The van der Waals surface area contributed by atoms with Crippen molar-refractivity contribution < 1.29 is 24.2 Å². The van der Waals surface area contributed by atoms with Crippen molar-refractivity contribution in [1.29, 1.82) is 0 Å². The molecule has 1 aliphatic rings. The van der Waals surface area contributed by atoms with Gasteiger partial charge in [0.2, 0.25) is 0 Å². The van der Waals surface area contributed by atoms with E-state index in [4.69, 9.17) is 9.84 Å². The molecule has 0 unspecified atom stereocenters. The topological polar surface area (TPSA) is 123 Å². The molecule has 9 nitrogen and oxygen atoms in total. The van der Waals surface area contributed by atoms with Gasteiger partial charge in [-0.25, -0.2) is 4.79 Å². The molecule has 9 heteroatoms. The minimum absolute atomic E-state index is 0.0622. The predicted octanol–water partition coefficient (Wildman–Crippen LogP) is 4.15. The number of aryl methyl sites for hydroxylation is 1. The average Bonchev–Trinajstić information content (AvgIpc) is 3.33. The molecule has 4 rings (SSSR count). The number of carbonyl (C=O) groups excluding carboxylic acids is 2. The second-order valence-electron chi connectivity index (χ2n) is 9.22. The van der Waals surface area contributed by atoms with E-state index >= 15 is 0 Å². The number of aromatic nitrogens is 2. The number of carboxylic acid groups (broad SMARTS) is 1. The fourth-order valence-corrected chi connectivity index (χ4v) is 4.33. The number of anilines is 1. The van der Waals surface area contributed by atoms with E-state index in [0.717, 1.165) is 22.3 Å². The molecular weight excluding hydrogens is 448 g/mol. The SMILES string of the molecule is Cn1nc(NC(=O)OCC2c3ccccc3-c3ccccc32)cc1C(=O)NC(C)(C)CCC(=O)O. The summed E-state index contributed by atoms with van der Waals surface area (Å²) in [6.45, 7) is 3.66. The van der Waals surface area contributed by atoms with Crippen molar-refractivity contribution in [2.24, 2.45) is 7.05 Å². The molecule has 1 heterocycles. The quantitative estimate of drug-likeness (QED) is 0.449. The van der Waals surface area contributed by atoms with Gasteiger partial charge in [0.15, 0.2) is 5.82 Å². The maximum absolute atomic E-state index is 12.7. The second kappa shape index (κ2) is 9.61. The third kappa shape index (κ3) is 5.34. The van der Waals surface area contributed by atoms with Crippen molar-refractivity contribution >= 4 is 23.8 Å². The molecule has 0 fully saturated rings. The summed E-state index contributed by atoms with van der Waals surface area (Å²) in [7, 11) is 1.59. The van der Waals surface area contributed by atoms with Gasteiger partial charge in [0.1, 0.15) is 12.3 Å². The standard InChI is InChI=1S/C26H28N4O5/c1-26(2,13-12-23(31)32)28-24(33)21-14-22(29-30(21)3)27-25(34)35-15-20-18-10-6-4-8-16(18)17-9-5-7-11-19(17)20/h4-11,14,20H,12-13,15H2,1-3H3,(H,28,33)(H,31,32)(H,27,29,34). The molecule has 2 amide bonds. The molecule has 0 saturated heterocycles. The number of hydrogen-bond donors (Lipinski definition) is 3. The Kier molecular flexibility index (Phi) is 6.59. The molecule has 0 spiro atoms. The lowest BCUT2D eigenvalue weighted by Gasteiger charge is -2.25. The van der Waals surface area contributed by atoms with Gasteiger partial charge in [-0.3, -0.25) is 19.6 Å². The van der Waals surface area contributed by atoms with Crippen molar-refractivity contribution in [3.63, 3.8) is 0 Å². The Balaban J connectivity index is 1.38. The third-order valence-corrected chi connectivity index (χ3v) is 6.10. The fraction of sp³-hybridized carbons (Fsp3) is 0.308. The number of ether oxygens (including phenoxy) is 1. The predicted molar refractivity (Wildman–Crippen MR) is 130 cm³/mol. The molecule has 1 aliphatic carbocycles. The van der Waals surface area contributed by atoms with Gasteiger partial charge in [-0.15, -0.1) is 0 Å². The van der Waals surface area contributed by atoms with Gasteiger partial charge in [0.05, 0.1) is 0 Å². The Labute approximate surface area is 203 Å². The third-order valence-electron chi connectivity index (χ3n) is 6.10. The summed E-state index contributed by atoms with van der Waals surface area (Å²) in [5.41, 5.74) is 4.02. The molecular formula is C26H28N4O5. The molecule has 0 bridgehead atoms. The number of hydrogen-bond acceptors (Lipinski definition) is 5. The maximum Gasteiger partial charge on any atom is 0.412 e. The summed E-state index contributed by atoms with van der Waals surface area (Å²) >= 11 is 0. The number of nitrogens with one attached hydrogen (secondary N) is 2. The number of carboxylic acids is 1. The highest BCUT2D eigenvalue weighted by molar-refractivity contribution is 5.95. The summed E-state index contributed by atoms with van der Waals surface area (Å²) in [6, 6.07) is 17.6. The largest absolute Gasteiger partial charge is 0.481 e. The maximum atomic E-state index is 12.7. The highest BCUT2D eigenvalue weighted by Crippen LogP contribution is 2.44. The van der Waals surface area contributed by atoms with E-state index in [-0.39, 0.29) is 36.9 Å². The first-order valence-corrected chi connectivity index (χ1v) is 11.3. The minimum Gasteiger partial charge on any atom is -0.481 e. The Hall–Kier alpha value is -4.14. The lowest BCUT2D eigenvalue weighted by atomic mass is 9.98. The van der Waals surface area contributed by atoms with Crippen LogP contribution in [0.3, 0.4) is 0 Å². The van der Waals surface area contributed by atoms with Gasteiger partial charge in [0.25, 0.3) is 5.91 Å². The van der Waals surface area contributed by atoms with E-state index in [1.165, 1.54) is 10.7 Å². The molecule has 0 aliphatic heterocycles. The highest BCUT2D eigenvalue weighted by atomic mass is 16.5. The van der Waals surface area contributed by atoms with Gasteiger partial charge >= 0.3 is 12.1 Å². The van der Waals surface area contributed by atoms with E-state index in [9.17, 15) is 14.4 Å². The molecule has 2 aromatic carbocycles. The Morgan fingerprint density at radius 3 is 2.26 bits per heavy atom. The average molecular weight is 477 g/mol. The van der Waals surface area contributed by atoms with Crippen molar-refractivity contribution in [3.8, 4) is 11.1 Å². The van der Waals surface area contributed by atoms with E-state index in [1.54, 1.807) is 20.9 Å². The molecule has 182 valence electrons. The van der Waals surface area contributed by atoms with Gasteiger partial charge in [-0.05, 0) is 42.5 Å². The number of nitrogens with zero attached hydrogens (tertiary/aromatic N) is 2. The van der Waals surface area contributed by atoms with Crippen LogP contribution in [0.25, 0.3) is 11.1 Å². The van der Waals surface area contributed by atoms with E-state index in [2.05, 4.69) is 27.9 Å². The molecule has 1 aromatic heterocycles. The summed E-state index contributed by atoms with van der Waals surface area (Å²) in [6.07, 6.45) is -0.456. The Bertz CT molecular complexity index is 1230. The summed E-state index contributed by atoms with van der Waals surface area (Å²) in [4.78, 5) is 36.1. The zero-order valence-electron chi connectivity index (χ0n) is 19.9. The molecule has 0 saturated carbocycles. The van der Waals surface area contributed by atoms with E-state index in [1.807, 2.05) is 36.4 Å². The van der Waals surface area contributed by atoms with E-state index < -0.39 is 23.5 Å². The van der Waals surface area contributed by atoms with Crippen LogP contribution in [0.4, 0.5) is 10.6 Å². The van der Waals surface area contributed by atoms with Crippen LogP contribution < -0.4 is 10.6 Å². The Morgan fingerprint density at radius 2 is 1.66 bits per heavy atom. The zero-order valence-corrected chi connectivity index (χ0v) is 19.9. The van der Waals surface area contributed by atoms with Crippen LogP contribution in [0.5, 0.6) is 0 Å². The number of rotatable bonds is 8. The smallest absolute Gasteiger partial charge is 0.412 e. The van der Waals surface area contributed by atoms with Gasteiger partial charge in [-0.1, -0.05) is 48.5 Å². The fourth-order valence-electron chi connectivity index (χ4n) is 4.33. The Morgan fingerprint density at radius 1 is 1.06 bits per heavy atom. The lowest BCUT2D eigenvalue weighted by Crippen LogP contribution is -2.44. The normalized spacial score (nSPS) is 12.5. The van der Waals surface area contributed by atoms with Crippen LogP contribution in [-0.4, -0.2) is 45.0 Å². The van der Waals surface area contributed by atoms with Crippen LogP contribution in [0.2, 0.25) is 0 Å². The van der Waals surface area contributed by atoms with E-state index in [0.29, 0.717) is 0 Å². The van der Waals surface area contributed by atoms with Crippen LogP contribution >= 0.6 is 0 Å². The van der Waals surface area contributed by atoms with Gasteiger partial charge in [-0.2, -0.15) is 5.10 Å². The second-order valence-corrected chi connectivity index (χ2v) is 9.22. The first-order chi connectivity index (χ1) is 16.6. The van der Waals surface area contributed by atoms with Crippen molar-refractivity contribution in [3.05, 3.63) is 71.4 Å². The van der Waals surface area contributed by atoms with Crippen molar-refractivity contribution in [1.82, 2.24) is 15.1 Å². The molecule has 3 N–H and O–H groups in total. The molecule has 0 radical (unpaired) electrons. The number of benzene rings is 2. The molecule has 3 aromatic rings. The van der Waals surface area contributed by atoms with Crippen LogP contribution in [0, 0.1) is 0 Å². The zero-order chi connectivity index (χ0) is 25.2. The molecule has 35 heavy (non-hydrogen) atoms. The summed E-state index contributed by atoms with van der Waals surface area (Å²) in [5, 5.41) is 18.5.